The molecule has 1 aliphatic carbocycles. The Morgan fingerprint density at radius 1 is 0.800 bits per heavy atom. The maximum atomic E-state index is 11.7. The molecule has 0 fully saturated rings. The fourth-order valence-corrected chi connectivity index (χ4v) is 6.02. The molecule has 6 heteroatoms. The molecule has 207 valence electrons. The van der Waals surface area contributed by atoms with Crippen molar-refractivity contribution in [2.24, 2.45) is 11.8 Å². The SMILES string of the molecule is CCC(CC)C(=O)/C=C(\O)C(CC)CC.[Ir].[c-]1ccc2ccc3oc4ccc5oc6ccnc7c6c5c4c3c2c1-7. The van der Waals surface area contributed by atoms with Crippen molar-refractivity contribution in [3.05, 3.63) is 66.6 Å². The number of allylic oxidation sites excluding steroid dienone is 2. The molecule has 0 unspecified atom stereocenters. The van der Waals surface area contributed by atoms with E-state index < -0.39 is 0 Å². The van der Waals surface area contributed by atoms with E-state index in [1.54, 1.807) is 0 Å². The number of benzene rings is 3. The number of rotatable bonds is 7. The minimum atomic E-state index is 0. The average Bonchev–Trinajstić information content (AvgIpc) is 3.48. The van der Waals surface area contributed by atoms with E-state index in [1.807, 2.05) is 64.2 Å². The van der Waals surface area contributed by atoms with E-state index in [-0.39, 0.29) is 43.5 Å². The van der Waals surface area contributed by atoms with Crippen LogP contribution < -0.4 is 0 Å². The van der Waals surface area contributed by atoms with Crippen molar-refractivity contribution in [2.45, 2.75) is 53.4 Å². The number of ketones is 1. The largest absolute Gasteiger partial charge is 0.512 e. The topological polar surface area (TPSA) is 76.5 Å². The van der Waals surface area contributed by atoms with Gasteiger partial charge in [0, 0.05) is 66.1 Å². The second-order valence-corrected chi connectivity index (χ2v) is 10.3. The molecular formula is C34H32IrNO4-. The summed E-state index contributed by atoms with van der Waals surface area (Å²) >= 11 is 0. The maximum absolute atomic E-state index is 11.7. The molecule has 3 aromatic carbocycles. The normalized spacial score (nSPS) is 12.5. The van der Waals surface area contributed by atoms with Crippen LogP contribution in [0.5, 0.6) is 0 Å². The maximum Gasteiger partial charge on any atom is 0.162 e. The molecule has 3 heterocycles. The zero-order chi connectivity index (χ0) is 27.3. The average molecular weight is 711 g/mol. The number of fused-ring (bicyclic) bond motifs is 1. The van der Waals surface area contributed by atoms with E-state index >= 15 is 0 Å². The second kappa shape index (κ2) is 11.2. The molecule has 1 aliphatic rings. The van der Waals surface area contributed by atoms with Crippen LogP contribution >= 0.6 is 0 Å². The minimum absolute atomic E-state index is 0. The molecule has 7 rings (SSSR count). The minimum Gasteiger partial charge on any atom is -0.512 e. The Balaban J connectivity index is 0.000000179. The summed E-state index contributed by atoms with van der Waals surface area (Å²) < 4.78 is 12.2. The number of aliphatic hydroxyl groups is 1. The molecule has 0 saturated heterocycles. The number of carbonyl (C=O) groups excluding carboxylic acids is 1. The number of furan rings is 2. The molecule has 1 radical (unpaired) electrons. The van der Waals surface area contributed by atoms with Gasteiger partial charge in [-0.25, -0.2) is 0 Å². The molecule has 0 aliphatic heterocycles. The van der Waals surface area contributed by atoms with Crippen LogP contribution in [0.1, 0.15) is 53.4 Å². The number of hydrogen-bond donors (Lipinski definition) is 1. The zero-order valence-corrected chi connectivity index (χ0v) is 25.5. The van der Waals surface area contributed by atoms with E-state index in [0.29, 0.717) is 0 Å². The summed E-state index contributed by atoms with van der Waals surface area (Å²) in [5, 5.41) is 16.5. The molecule has 40 heavy (non-hydrogen) atoms. The standard InChI is InChI=1S/C21H8NO2.C13H24O2.Ir/c1-2-10-4-5-12-17-16(10)11(3-1)21-20-15(8-9-22-21)24-14-7-6-13(23-12)18(17)19(14)20;1-5-10(6-2)12(14)9-13(15)11(7-3)8-4;/h1-2,4-9H;9-11,14H,5-8H2,1-4H3;/q-1;;/b;12-9-;. The first-order chi connectivity index (χ1) is 19.0. The number of nitrogens with zero attached hydrogens (tertiary/aromatic N) is 1. The molecular weight excluding hydrogens is 679 g/mol. The van der Waals surface area contributed by atoms with Crippen LogP contribution in [0.2, 0.25) is 0 Å². The molecule has 0 saturated carbocycles. The van der Waals surface area contributed by atoms with Gasteiger partial charge < -0.3 is 18.9 Å². The van der Waals surface area contributed by atoms with E-state index in [4.69, 9.17) is 13.8 Å². The number of carbonyl (C=O) groups is 1. The van der Waals surface area contributed by atoms with Gasteiger partial charge in [-0.15, -0.1) is 29.1 Å². The van der Waals surface area contributed by atoms with Gasteiger partial charge in [-0.05, 0) is 55.3 Å². The number of hydrogen-bond acceptors (Lipinski definition) is 5. The van der Waals surface area contributed by atoms with Crippen LogP contribution in [-0.4, -0.2) is 15.9 Å². The smallest absolute Gasteiger partial charge is 0.162 e. The fourth-order valence-electron chi connectivity index (χ4n) is 6.02. The second-order valence-electron chi connectivity index (χ2n) is 10.3. The molecule has 0 amide bonds. The van der Waals surface area contributed by atoms with Gasteiger partial charge in [-0.1, -0.05) is 39.1 Å². The Bertz CT molecular complexity index is 1900. The summed E-state index contributed by atoms with van der Waals surface area (Å²) in [4.78, 5) is 16.4. The molecule has 6 aromatic rings. The van der Waals surface area contributed by atoms with Crippen LogP contribution in [0.25, 0.3) is 65.9 Å². The van der Waals surface area contributed by atoms with Crippen molar-refractivity contribution in [3.63, 3.8) is 0 Å². The summed E-state index contributed by atoms with van der Waals surface area (Å²) in [7, 11) is 0. The van der Waals surface area contributed by atoms with Crippen molar-refractivity contribution in [3.8, 4) is 11.3 Å². The molecule has 0 bridgehead atoms. The van der Waals surface area contributed by atoms with Crippen molar-refractivity contribution in [2.75, 3.05) is 0 Å². The van der Waals surface area contributed by atoms with E-state index in [2.05, 4.69) is 18.2 Å². The number of pyridine rings is 1. The third-order valence-electron chi connectivity index (χ3n) is 8.24. The predicted molar refractivity (Wildman–Crippen MR) is 158 cm³/mol. The van der Waals surface area contributed by atoms with Gasteiger partial charge in [-0.3, -0.25) is 4.79 Å². The van der Waals surface area contributed by atoms with E-state index in [9.17, 15) is 9.90 Å². The Labute approximate surface area is 246 Å². The van der Waals surface area contributed by atoms with Gasteiger partial charge in [0.2, 0.25) is 0 Å². The van der Waals surface area contributed by atoms with Crippen LogP contribution in [-0.2, 0) is 24.9 Å². The van der Waals surface area contributed by atoms with Crippen LogP contribution in [0.3, 0.4) is 0 Å². The first-order valence-corrected chi connectivity index (χ1v) is 13.9. The van der Waals surface area contributed by atoms with Gasteiger partial charge in [0.15, 0.2) is 5.78 Å². The third-order valence-corrected chi connectivity index (χ3v) is 8.24. The predicted octanol–water partition coefficient (Wildman–Crippen LogP) is 9.68. The summed E-state index contributed by atoms with van der Waals surface area (Å²) in [5.74, 6) is 0.547. The van der Waals surface area contributed by atoms with Crippen LogP contribution in [0.4, 0.5) is 0 Å². The molecule has 1 N–H and O–H groups in total. The third kappa shape index (κ3) is 4.34. The Morgan fingerprint density at radius 3 is 1.98 bits per heavy atom. The van der Waals surface area contributed by atoms with Crippen molar-refractivity contribution in [1.82, 2.24) is 4.98 Å². The summed E-state index contributed by atoms with van der Waals surface area (Å²) in [6.45, 7) is 8.07. The quantitative estimate of drug-likeness (QED) is 0.101. The number of aliphatic hydroxyl groups excluding tert-OH is 1. The van der Waals surface area contributed by atoms with E-state index in [0.717, 1.165) is 86.2 Å². The fraction of sp³-hybridized carbons (Fsp3) is 0.294. The molecule has 0 atom stereocenters. The molecule has 0 spiro atoms. The van der Waals surface area contributed by atoms with E-state index in [1.165, 1.54) is 11.5 Å². The zero-order valence-electron chi connectivity index (χ0n) is 23.1. The Morgan fingerprint density at radius 2 is 1.35 bits per heavy atom. The Kier molecular flexibility index (Phi) is 7.85. The monoisotopic (exact) mass is 711 g/mol. The van der Waals surface area contributed by atoms with Crippen molar-refractivity contribution < 1.29 is 38.8 Å². The number of aromatic nitrogens is 1. The first kappa shape index (κ1) is 28.1. The van der Waals surface area contributed by atoms with Gasteiger partial charge in [0.1, 0.15) is 22.3 Å². The van der Waals surface area contributed by atoms with Gasteiger partial charge >= 0.3 is 0 Å². The summed E-state index contributed by atoms with van der Waals surface area (Å²) in [5.41, 5.74) is 5.47. The van der Waals surface area contributed by atoms with Gasteiger partial charge in [0.05, 0.1) is 5.76 Å². The van der Waals surface area contributed by atoms with Crippen molar-refractivity contribution >= 4 is 60.4 Å². The van der Waals surface area contributed by atoms with Gasteiger partial charge in [0.25, 0.3) is 0 Å². The molecule has 5 nitrogen and oxygen atoms in total. The summed E-state index contributed by atoms with van der Waals surface area (Å²) in [6, 6.07) is 17.5. The summed E-state index contributed by atoms with van der Waals surface area (Å²) in [6.07, 6.45) is 6.72. The van der Waals surface area contributed by atoms with Crippen molar-refractivity contribution in [1.29, 1.82) is 0 Å². The Hall–Kier alpha value is -3.47. The van der Waals surface area contributed by atoms with Gasteiger partial charge in [-0.2, -0.15) is 0 Å². The molecule has 3 aromatic heterocycles. The first-order valence-electron chi connectivity index (χ1n) is 13.9. The van der Waals surface area contributed by atoms with Crippen LogP contribution in [0.15, 0.2) is 69.3 Å². The van der Waals surface area contributed by atoms with Crippen LogP contribution in [0, 0.1) is 17.9 Å².